The minimum atomic E-state index is -3.10. The Labute approximate surface area is 106 Å². The van der Waals surface area contributed by atoms with Crippen molar-refractivity contribution >= 4 is 9.84 Å². The summed E-state index contributed by atoms with van der Waals surface area (Å²) in [5.41, 5.74) is 0. The molecule has 0 aliphatic heterocycles. The summed E-state index contributed by atoms with van der Waals surface area (Å²) >= 11 is 0. The van der Waals surface area contributed by atoms with Gasteiger partial charge in [-0.25, -0.2) is 8.42 Å². The second kappa shape index (κ2) is 6.71. The lowest BCUT2D eigenvalue weighted by molar-refractivity contribution is 0.164. The maximum Gasteiger partial charge on any atom is 0.154 e. The van der Waals surface area contributed by atoms with Gasteiger partial charge in [0.1, 0.15) is 0 Å². The van der Waals surface area contributed by atoms with Crippen LogP contribution < -0.4 is 5.32 Å². The van der Waals surface area contributed by atoms with Crippen molar-refractivity contribution in [2.75, 3.05) is 26.5 Å². The van der Waals surface area contributed by atoms with Gasteiger partial charge >= 0.3 is 0 Å². The third-order valence-electron chi connectivity index (χ3n) is 3.48. The highest BCUT2D eigenvalue weighted by Crippen LogP contribution is 2.27. The molecule has 4 nitrogen and oxygen atoms in total. The van der Waals surface area contributed by atoms with Gasteiger partial charge in [-0.2, -0.15) is 0 Å². The molecule has 0 aromatic heterocycles. The highest BCUT2D eigenvalue weighted by atomic mass is 32.2. The molecule has 1 N–H and O–H groups in total. The lowest BCUT2D eigenvalue weighted by atomic mass is 9.89. The van der Waals surface area contributed by atoms with Gasteiger partial charge < -0.3 is 10.1 Å². The van der Waals surface area contributed by atoms with Crippen LogP contribution in [0.2, 0.25) is 0 Å². The summed E-state index contributed by atoms with van der Waals surface area (Å²) in [7, 11) is -1.43. The Morgan fingerprint density at radius 2 is 1.88 bits per heavy atom. The van der Waals surface area contributed by atoms with Crippen LogP contribution in [0, 0.1) is 5.92 Å². The highest BCUT2D eigenvalue weighted by Gasteiger charge is 2.41. The van der Waals surface area contributed by atoms with Gasteiger partial charge in [0.2, 0.25) is 0 Å². The molecule has 0 fully saturated rings. The molecule has 0 rings (SSSR count). The Hall–Kier alpha value is -0.130. The minimum absolute atomic E-state index is 0.0577. The van der Waals surface area contributed by atoms with Crippen LogP contribution in [0.4, 0.5) is 0 Å². The number of ether oxygens (including phenoxy) is 1. The molecule has 0 spiro atoms. The van der Waals surface area contributed by atoms with E-state index in [1.54, 1.807) is 21.0 Å². The van der Waals surface area contributed by atoms with E-state index in [0.717, 1.165) is 13.0 Å². The zero-order valence-electron chi connectivity index (χ0n) is 11.9. The summed E-state index contributed by atoms with van der Waals surface area (Å²) in [5.74, 6) is 0.250. The predicted octanol–water partition coefficient (Wildman–Crippen LogP) is 1.46. The number of rotatable bonds is 8. The first-order valence-corrected chi connectivity index (χ1v) is 7.99. The van der Waals surface area contributed by atoms with Crippen LogP contribution in [0.1, 0.15) is 34.1 Å². The zero-order chi connectivity index (χ0) is 13.7. The molecule has 2 unspecified atom stereocenters. The van der Waals surface area contributed by atoms with Gasteiger partial charge in [-0.05, 0) is 32.7 Å². The van der Waals surface area contributed by atoms with E-state index < -0.39 is 14.6 Å². The molecule has 0 bridgehead atoms. The molecule has 0 radical (unpaired) electrons. The van der Waals surface area contributed by atoms with Gasteiger partial charge in [0.05, 0.1) is 4.75 Å². The summed E-state index contributed by atoms with van der Waals surface area (Å²) in [6.07, 6.45) is 2.16. The molecule has 0 aliphatic rings. The Bertz CT molecular complexity index is 312. The van der Waals surface area contributed by atoms with Gasteiger partial charge in [-0.15, -0.1) is 0 Å². The zero-order valence-corrected chi connectivity index (χ0v) is 12.7. The SMILES string of the molecule is CCNC(C(C)CCOC)C(C)(C)S(C)(=O)=O. The topological polar surface area (TPSA) is 55.4 Å². The van der Waals surface area contributed by atoms with Crippen molar-refractivity contribution in [3.8, 4) is 0 Å². The van der Waals surface area contributed by atoms with Crippen molar-refractivity contribution in [2.24, 2.45) is 5.92 Å². The molecule has 0 saturated carbocycles. The van der Waals surface area contributed by atoms with E-state index in [2.05, 4.69) is 12.2 Å². The number of nitrogens with one attached hydrogen (secondary N) is 1. The first kappa shape index (κ1) is 16.9. The predicted molar refractivity (Wildman–Crippen MR) is 72.0 cm³/mol. The van der Waals surface area contributed by atoms with Crippen LogP contribution in [0.25, 0.3) is 0 Å². The van der Waals surface area contributed by atoms with E-state index in [1.165, 1.54) is 6.26 Å². The average Bonchev–Trinajstić information content (AvgIpc) is 2.20. The van der Waals surface area contributed by atoms with E-state index in [1.807, 2.05) is 6.92 Å². The first-order chi connectivity index (χ1) is 7.68. The van der Waals surface area contributed by atoms with Gasteiger partial charge in [0.25, 0.3) is 0 Å². The summed E-state index contributed by atoms with van der Waals surface area (Å²) in [6.45, 7) is 9.06. The van der Waals surface area contributed by atoms with Crippen LogP contribution in [-0.4, -0.2) is 45.7 Å². The maximum absolute atomic E-state index is 11.9. The average molecular weight is 265 g/mol. The second-order valence-corrected chi connectivity index (χ2v) is 7.77. The van der Waals surface area contributed by atoms with Gasteiger partial charge in [0, 0.05) is 26.0 Å². The van der Waals surface area contributed by atoms with Crippen molar-refractivity contribution in [1.29, 1.82) is 0 Å². The fourth-order valence-corrected chi connectivity index (χ4v) is 2.83. The molecule has 0 saturated heterocycles. The van der Waals surface area contributed by atoms with Crippen LogP contribution in [-0.2, 0) is 14.6 Å². The Kier molecular flexibility index (Phi) is 6.66. The molecule has 0 heterocycles. The summed E-state index contributed by atoms with van der Waals surface area (Å²) in [6, 6.07) is -0.0577. The molecule has 17 heavy (non-hydrogen) atoms. The Morgan fingerprint density at radius 3 is 2.24 bits per heavy atom. The monoisotopic (exact) mass is 265 g/mol. The smallest absolute Gasteiger partial charge is 0.154 e. The van der Waals surface area contributed by atoms with Crippen molar-refractivity contribution in [3.63, 3.8) is 0 Å². The van der Waals surface area contributed by atoms with Crippen molar-refractivity contribution in [2.45, 2.75) is 44.9 Å². The molecule has 5 heteroatoms. The van der Waals surface area contributed by atoms with E-state index >= 15 is 0 Å². The first-order valence-electron chi connectivity index (χ1n) is 6.10. The summed E-state index contributed by atoms with van der Waals surface area (Å²) in [4.78, 5) is 0. The van der Waals surface area contributed by atoms with Crippen LogP contribution in [0.5, 0.6) is 0 Å². The number of sulfone groups is 1. The quantitative estimate of drug-likeness (QED) is 0.722. The van der Waals surface area contributed by atoms with Gasteiger partial charge in [-0.1, -0.05) is 13.8 Å². The van der Waals surface area contributed by atoms with E-state index in [9.17, 15) is 8.42 Å². The summed E-state index contributed by atoms with van der Waals surface area (Å²) < 4.78 is 28.0. The third kappa shape index (κ3) is 4.56. The van der Waals surface area contributed by atoms with Gasteiger partial charge in [-0.3, -0.25) is 0 Å². The van der Waals surface area contributed by atoms with Crippen molar-refractivity contribution < 1.29 is 13.2 Å². The van der Waals surface area contributed by atoms with Crippen molar-refractivity contribution in [3.05, 3.63) is 0 Å². The molecular weight excluding hydrogens is 238 g/mol. The van der Waals surface area contributed by atoms with E-state index in [0.29, 0.717) is 6.61 Å². The molecule has 2 atom stereocenters. The molecule has 0 amide bonds. The van der Waals surface area contributed by atoms with Crippen molar-refractivity contribution in [1.82, 2.24) is 5.32 Å². The molecule has 104 valence electrons. The van der Waals surface area contributed by atoms with Crippen LogP contribution in [0.15, 0.2) is 0 Å². The second-order valence-electron chi connectivity index (χ2n) is 5.17. The third-order valence-corrected chi connectivity index (χ3v) is 5.64. The fourth-order valence-electron chi connectivity index (χ4n) is 2.05. The molecule has 0 aromatic carbocycles. The summed E-state index contributed by atoms with van der Waals surface area (Å²) in [5, 5.41) is 3.30. The minimum Gasteiger partial charge on any atom is -0.385 e. The molecular formula is C12H27NO3S. The highest BCUT2D eigenvalue weighted by molar-refractivity contribution is 7.92. The van der Waals surface area contributed by atoms with E-state index in [-0.39, 0.29) is 12.0 Å². The lowest BCUT2D eigenvalue weighted by Crippen LogP contribution is -2.54. The normalized spacial score (nSPS) is 16.8. The molecule has 0 aromatic rings. The number of hydrogen-bond acceptors (Lipinski definition) is 4. The fraction of sp³-hybridized carbons (Fsp3) is 1.00. The Balaban J connectivity index is 4.95. The number of methoxy groups -OCH3 is 1. The Morgan fingerprint density at radius 1 is 1.35 bits per heavy atom. The van der Waals surface area contributed by atoms with Crippen LogP contribution >= 0.6 is 0 Å². The largest absolute Gasteiger partial charge is 0.385 e. The lowest BCUT2D eigenvalue weighted by Gasteiger charge is -2.37. The maximum atomic E-state index is 11.9. The molecule has 0 aliphatic carbocycles. The van der Waals surface area contributed by atoms with Gasteiger partial charge in [0.15, 0.2) is 9.84 Å². The number of hydrogen-bond donors (Lipinski definition) is 1. The standard InChI is InChI=1S/C12H27NO3S/c1-7-13-11(10(2)8-9-16-5)12(3,4)17(6,14)15/h10-11,13H,7-9H2,1-6H3. The van der Waals surface area contributed by atoms with Crippen LogP contribution in [0.3, 0.4) is 0 Å². The van der Waals surface area contributed by atoms with E-state index in [4.69, 9.17) is 4.74 Å².